The van der Waals surface area contributed by atoms with E-state index >= 15 is 0 Å². The Morgan fingerprint density at radius 2 is 1.72 bits per heavy atom. The molecule has 1 N–H and O–H groups in total. The molecule has 2 rings (SSSR count). The highest BCUT2D eigenvalue weighted by atomic mass is 16.5. The minimum absolute atomic E-state index is 0.532. The Kier molecular flexibility index (Phi) is 5.93. The molecule has 1 aliphatic carbocycles. The number of ether oxygens (including phenoxy) is 1. The number of hydrogen-bond donors (Lipinski definition) is 1. The third-order valence-corrected chi connectivity index (χ3v) is 4.58. The number of nitrogens with zero attached hydrogens (tertiary/aromatic N) is 1. The largest absolute Gasteiger partial charge is 0.379 e. The smallest absolute Gasteiger partial charge is 0.0594 e. The van der Waals surface area contributed by atoms with Gasteiger partial charge in [-0.05, 0) is 24.8 Å². The Bertz CT molecular complexity index is 219. The molecule has 1 saturated carbocycles. The lowest BCUT2D eigenvalue weighted by Crippen LogP contribution is -2.47. The van der Waals surface area contributed by atoms with Crippen molar-refractivity contribution in [2.24, 2.45) is 5.41 Å². The van der Waals surface area contributed by atoms with Crippen molar-refractivity contribution in [2.45, 2.75) is 45.4 Å². The van der Waals surface area contributed by atoms with Crippen LogP contribution in [0.4, 0.5) is 0 Å². The Morgan fingerprint density at radius 3 is 2.33 bits per heavy atom. The molecule has 3 nitrogen and oxygen atoms in total. The van der Waals surface area contributed by atoms with Crippen LogP contribution in [-0.2, 0) is 4.74 Å². The molecular weight excluding hydrogens is 224 g/mol. The summed E-state index contributed by atoms with van der Waals surface area (Å²) in [6, 6.07) is 0. The maximum Gasteiger partial charge on any atom is 0.0594 e. The first kappa shape index (κ1) is 14.3. The normalized spacial score (nSPS) is 25.8. The van der Waals surface area contributed by atoms with Gasteiger partial charge in [-0.15, -0.1) is 0 Å². The molecule has 0 spiro atoms. The topological polar surface area (TPSA) is 24.5 Å². The molecule has 0 amide bonds. The first-order chi connectivity index (χ1) is 8.85. The molecule has 0 atom stereocenters. The van der Waals surface area contributed by atoms with E-state index in [9.17, 15) is 0 Å². The number of rotatable bonds is 5. The standard InChI is InChI=1S/C15H30N2O/c1-2-16-13-15(7-5-3-4-6-8-15)14-17-9-11-18-12-10-17/h16H,2-14H2,1H3. The van der Waals surface area contributed by atoms with Crippen LogP contribution in [0.3, 0.4) is 0 Å². The Balaban J connectivity index is 1.93. The molecule has 2 fully saturated rings. The van der Waals surface area contributed by atoms with Crippen LogP contribution in [0.25, 0.3) is 0 Å². The first-order valence-corrected chi connectivity index (χ1v) is 7.85. The van der Waals surface area contributed by atoms with Crippen molar-refractivity contribution < 1.29 is 4.74 Å². The van der Waals surface area contributed by atoms with Crippen LogP contribution >= 0.6 is 0 Å². The van der Waals surface area contributed by atoms with Gasteiger partial charge in [-0.2, -0.15) is 0 Å². The molecule has 0 aromatic carbocycles. The van der Waals surface area contributed by atoms with E-state index in [1.165, 1.54) is 51.6 Å². The number of nitrogens with one attached hydrogen (secondary N) is 1. The summed E-state index contributed by atoms with van der Waals surface area (Å²) < 4.78 is 5.47. The molecular formula is C15H30N2O. The van der Waals surface area contributed by atoms with E-state index in [0.29, 0.717) is 5.41 Å². The fourth-order valence-electron chi connectivity index (χ4n) is 3.49. The summed E-state index contributed by atoms with van der Waals surface area (Å²) in [6.45, 7) is 9.94. The predicted molar refractivity (Wildman–Crippen MR) is 75.9 cm³/mol. The number of morpholine rings is 1. The van der Waals surface area contributed by atoms with E-state index in [1.54, 1.807) is 0 Å². The minimum atomic E-state index is 0.532. The molecule has 0 aromatic rings. The van der Waals surface area contributed by atoms with Crippen LogP contribution in [0.2, 0.25) is 0 Å². The van der Waals surface area contributed by atoms with Crippen molar-refractivity contribution in [1.82, 2.24) is 10.2 Å². The highest BCUT2D eigenvalue weighted by Gasteiger charge is 2.32. The molecule has 0 unspecified atom stereocenters. The molecule has 0 bridgehead atoms. The Morgan fingerprint density at radius 1 is 1.06 bits per heavy atom. The summed E-state index contributed by atoms with van der Waals surface area (Å²) in [5.74, 6) is 0. The zero-order valence-corrected chi connectivity index (χ0v) is 12.0. The monoisotopic (exact) mass is 254 g/mol. The van der Waals surface area contributed by atoms with Gasteiger partial charge in [0.2, 0.25) is 0 Å². The third kappa shape index (κ3) is 4.22. The lowest BCUT2D eigenvalue weighted by atomic mass is 9.79. The van der Waals surface area contributed by atoms with Crippen LogP contribution in [-0.4, -0.2) is 50.8 Å². The summed E-state index contributed by atoms with van der Waals surface area (Å²) in [5, 5.41) is 3.62. The average Bonchev–Trinajstić information content (AvgIpc) is 2.64. The maximum atomic E-state index is 5.47. The summed E-state index contributed by atoms with van der Waals surface area (Å²) >= 11 is 0. The minimum Gasteiger partial charge on any atom is -0.379 e. The molecule has 1 saturated heterocycles. The van der Waals surface area contributed by atoms with E-state index < -0.39 is 0 Å². The van der Waals surface area contributed by atoms with Gasteiger partial charge in [-0.3, -0.25) is 4.90 Å². The van der Waals surface area contributed by atoms with Gasteiger partial charge in [0.25, 0.3) is 0 Å². The molecule has 2 aliphatic rings. The van der Waals surface area contributed by atoms with Crippen LogP contribution < -0.4 is 5.32 Å². The van der Waals surface area contributed by atoms with Gasteiger partial charge in [0.1, 0.15) is 0 Å². The number of hydrogen-bond acceptors (Lipinski definition) is 3. The van der Waals surface area contributed by atoms with Crippen LogP contribution in [0.15, 0.2) is 0 Å². The second-order valence-corrected chi connectivity index (χ2v) is 6.08. The van der Waals surface area contributed by atoms with E-state index in [1.807, 2.05) is 0 Å². The van der Waals surface area contributed by atoms with Crippen molar-refractivity contribution in [1.29, 1.82) is 0 Å². The Labute approximate surface area is 112 Å². The second-order valence-electron chi connectivity index (χ2n) is 6.08. The summed E-state index contributed by atoms with van der Waals surface area (Å²) in [4.78, 5) is 2.63. The zero-order valence-electron chi connectivity index (χ0n) is 12.0. The van der Waals surface area contributed by atoms with E-state index in [4.69, 9.17) is 4.74 Å². The highest BCUT2D eigenvalue weighted by molar-refractivity contribution is 4.87. The fourth-order valence-corrected chi connectivity index (χ4v) is 3.49. The molecule has 18 heavy (non-hydrogen) atoms. The lowest BCUT2D eigenvalue weighted by Gasteiger charge is -2.39. The molecule has 3 heteroatoms. The molecule has 1 heterocycles. The molecule has 106 valence electrons. The van der Waals surface area contributed by atoms with Crippen LogP contribution in [0, 0.1) is 5.41 Å². The van der Waals surface area contributed by atoms with Crippen molar-refractivity contribution in [3.05, 3.63) is 0 Å². The van der Waals surface area contributed by atoms with Gasteiger partial charge >= 0.3 is 0 Å². The van der Waals surface area contributed by atoms with Gasteiger partial charge in [0.15, 0.2) is 0 Å². The van der Waals surface area contributed by atoms with E-state index in [0.717, 1.165) is 32.8 Å². The zero-order chi connectivity index (χ0) is 12.7. The fraction of sp³-hybridized carbons (Fsp3) is 1.00. The highest BCUT2D eigenvalue weighted by Crippen LogP contribution is 2.35. The second kappa shape index (κ2) is 7.46. The maximum absolute atomic E-state index is 5.47. The average molecular weight is 254 g/mol. The van der Waals surface area contributed by atoms with Crippen molar-refractivity contribution in [2.75, 3.05) is 45.9 Å². The van der Waals surface area contributed by atoms with Gasteiger partial charge in [-0.25, -0.2) is 0 Å². The van der Waals surface area contributed by atoms with Crippen molar-refractivity contribution in [3.63, 3.8) is 0 Å². The van der Waals surface area contributed by atoms with Gasteiger partial charge in [-0.1, -0.05) is 32.6 Å². The molecule has 0 aromatic heterocycles. The Hall–Kier alpha value is -0.120. The molecule has 0 radical (unpaired) electrons. The predicted octanol–water partition coefficient (Wildman–Crippen LogP) is 2.27. The summed E-state index contributed by atoms with van der Waals surface area (Å²) in [6.07, 6.45) is 8.56. The van der Waals surface area contributed by atoms with Crippen LogP contribution in [0.5, 0.6) is 0 Å². The quantitative estimate of drug-likeness (QED) is 0.762. The van der Waals surface area contributed by atoms with Gasteiger partial charge < -0.3 is 10.1 Å². The lowest BCUT2D eigenvalue weighted by molar-refractivity contribution is 0.0123. The van der Waals surface area contributed by atoms with E-state index in [-0.39, 0.29) is 0 Å². The van der Waals surface area contributed by atoms with Gasteiger partial charge in [0, 0.05) is 26.2 Å². The van der Waals surface area contributed by atoms with Crippen LogP contribution in [0.1, 0.15) is 45.4 Å². The van der Waals surface area contributed by atoms with E-state index in [2.05, 4.69) is 17.1 Å². The third-order valence-electron chi connectivity index (χ3n) is 4.58. The summed E-state index contributed by atoms with van der Waals surface area (Å²) in [7, 11) is 0. The molecule has 1 aliphatic heterocycles. The first-order valence-electron chi connectivity index (χ1n) is 7.85. The van der Waals surface area contributed by atoms with Crippen molar-refractivity contribution in [3.8, 4) is 0 Å². The summed E-state index contributed by atoms with van der Waals surface area (Å²) in [5.41, 5.74) is 0.532. The van der Waals surface area contributed by atoms with Gasteiger partial charge in [0.05, 0.1) is 13.2 Å². The van der Waals surface area contributed by atoms with Crippen molar-refractivity contribution >= 4 is 0 Å². The SMILES string of the molecule is CCNCC1(CN2CCOCC2)CCCCCC1.